The van der Waals surface area contributed by atoms with Gasteiger partial charge in [-0.2, -0.15) is 4.68 Å². The number of H-pyrrole nitrogens is 1. The van der Waals surface area contributed by atoms with E-state index in [4.69, 9.17) is 0 Å². The number of aromatic nitrogens is 6. The summed E-state index contributed by atoms with van der Waals surface area (Å²) in [5.41, 5.74) is 1.66. The number of imidazole rings is 1. The Morgan fingerprint density at radius 3 is 3.20 bits per heavy atom. The number of carbonyl (C=O) groups is 1. The molecular formula is C11H11N7OS. The number of hydrogen-bond acceptors (Lipinski definition) is 6. The maximum Gasteiger partial charge on any atom is 0.263 e. The molecule has 2 N–H and O–H groups in total. The molecule has 0 bridgehead atoms. The van der Waals surface area contributed by atoms with E-state index < -0.39 is 0 Å². The molecule has 3 heterocycles. The van der Waals surface area contributed by atoms with Crippen LogP contribution in [0.1, 0.15) is 15.4 Å². The van der Waals surface area contributed by atoms with Gasteiger partial charge in [-0.1, -0.05) is 0 Å². The molecule has 3 aromatic heterocycles. The average Bonchev–Trinajstić information content (AvgIpc) is 3.19. The monoisotopic (exact) mass is 289 g/mol. The zero-order chi connectivity index (χ0) is 13.8. The van der Waals surface area contributed by atoms with E-state index in [-0.39, 0.29) is 5.91 Å². The molecular weight excluding hydrogens is 278 g/mol. The highest BCUT2D eigenvalue weighted by molar-refractivity contribution is 7.12. The van der Waals surface area contributed by atoms with Gasteiger partial charge in [-0.15, -0.1) is 16.4 Å². The number of tetrazole rings is 1. The third-order valence-electron chi connectivity index (χ3n) is 2.68. The van der Waals surface area contributed by atoms with E-state index in [2.05, 4.69) is 30.8 Å². The molecule has 0 unspecified atom stereocenters. The fourth-order valence-electron chi connectivity index (χ4n) is 1.74. The van der Waals surface area contributed by atoms with Gasteiger partial charge in [0.1, 0.15) is 11.2 Å². The minimum absolute atomic E-state index is 0.134. The van der Waals surface area contributed by atoms with Crippen molar-refractivity contribution in [2.75, 3.05) is 6.54 Å². The van der Waals surface area contributed by atoms with Crippen LogP contribution < -0.4 is 5.32 Å². The molecule has 0 aliphatic heterocycles. The lowest BCUT2D eigenvalue weighted by Crippen LogP contribution is -2.26. The predicted octanol–water partition coefficient (Wildman–Crippen LogP) is 0.419. The summed E-state index contributed by atoms with van der Waals surface area (Å²) in [5, 5.41) is 15.6. The minimum Gasteiger partial charge on any atom is -0.351 e. The van der Waals surface area contributed by atoms with Gasteiger partial charge in [-0.25, -0.2) is 4.98 Å². The van der Waals surface area contributed by atoms with E-state index in [1.165, 1.54) is 22.3 Å². The molecule has 0 radical (unpaired) electrons. The molecule has 0 atom stereocenters. The normalized spacial score (nSPS) is 10.6. The number of nitrogens with zero attached hydrogens (tertiary/aromatic N) is 5. The van der Waals surface area contributed by atoms with Crippen molar-refractivity contribution in [3.8, 4) is 5.69 Å². The summed E-state index contributed by atoms with van der Waals surface area (Å²) in [6.07, 6.45) is 5.52. The van der Waals surface area contributed by atoms with Gasteiger partial charge < -0.3 is 10.3 Å². The van der Waals surface area contributed by atoms with Crippen molar-refractivity contribution in [1.82, 2.24) is 35.5 Å². The maximum absolute atomic E-state index is 12.1. The van der Waals surface area contributed by atoms with E-state index in [1.54, 1.807) is 12.5 Å². The van der Waals surface area contributed by atoms with Crippen LogP contribution in [0.25, 0.3) is 5.69 Å². The van der Waals surface area contributed by atoms with Gasteiger partial charge in [0.05, 0.1) is 12.0 Å². The molecule has 8 nitrogen and oxygen atoms in total. The summed E-state index contributed by atoms with van der Waals surface area (Å²) < 4.78 is 1.47. The molecule has 0 aliphatic rings. The van der Waals surface area contributed by atoms with Crippen LogP contribution in [0.3, 0.4) is 0 Å². The smallest absolute Gasteiger partial charge is 0.263 e. The molecule has 0 saturated heterocycles. The Hall–Kier alpha value is -2.55. The molecule has 20 heavy (non-hydrogen) atoms. The number of amides is 1. The first kappa shape index (κ1) is 12.5. The lowest BCUT2D eigenvalue weighted by atomic mass is 10.3. The molecule has 0 fully saturated rings. The molecule has 102 valence electrons. The van der Waals surface area contributed by atoms with Crippen molar-refractivity contribution in [2.45, 2.75) is 6.42 Å². The number of nitrogens with one attached hydrogen (secondary N) is 2. The van der Waals surface area contributed by atoms with Crippen LogP contribution in [0.15, 0.2) is 30.3 Å². The van der Waals surface area contributed by atoms with E-state index in [0.29, 0.717) is 23.5 Å². The van der Waals surface area contributed by atoms with Crippen molar-refractivity contribution in [2.24, 2.45) is 0 Å². The Kier molecular flexibility index (Phi) is 3.50. The van der Waals surface area contributed by atoms with Crippen molar-refractivity contribution in [3.05, 3.63) is 40.9 Å². The number of aromatic amines is 1. The molecule has 1 amide bonds. The zero-order valence-electron chi connectivity index (χ0n) is 10.4. The van der Waals surface area contributed by atoms with Crippen molar-refractivity contribution >= 4 is 17.2 Å². The van der Waals surface area contributed by atoms with Gasteiger partial charge >= 0.3 is 0 Å². The standard InChI is InChI=1S/C11H11N7OS/c19-11(13-3-1-8-5-12-6-14-8)10-9(2-4-20-10)18-7-15-16-17-18/h2,4-7H,1,3H2,(H,12,14)(H,13,19). The Labute approximate surface area is 117 Å². The first-order valence-corrected chi connectivity index (χ1v) is 6.79. The van der Waals surface area contributed by atoms with E-state index in [1.807, 2.05) is 11.4 Å². The summed E-state index contributed by atoms with van der Waals surface area (Å²) in [7, 11) is 0. The van der Waals surface area contributed by atoms with Crippen molar-refractivity contribution in [3.63, 3.8) is 0 Å². The highest BCUT2D eigenvalue weighted by Gasteiger charge is 2.15. The van der Waals surface area contributed by atoms with Crippen LogP contribution in [0.2, 0.25) is 0 Å². The van der Waals surface area contributed by atoms with E-state index >= 15 is 0 Å². The Morgan fingerprint density at radius 2 is 2.45 bits per heavy atom. The highest BCUT2D eigenvalue weighted by atomic mass is 32.1. The fraction of sp³-hybridized carbons (Fsp3) is 0.182. The second-order valence-corrected chi connectivity index (χ2v) is 4.89. The molecule has 3 aromatic rings. The van der Waals surface area contributed by atoms with Crippen molar-refractivity contribution in [1.29, 1.82) is 0 Å². The largest absolute Gasteiger partial charge is 0.351 e. The summed E-state index contributed by atoms with van der Waals surface area (Å²) in [6, 6.07) is 1.81. The number of carbonyl (C=O) groups excluding carboxylic acids is 1. The molecule has 0 aliphatic carbocycles. The molecule has 0 aromatic carbocycles. The van der Waals surface area contributed by atoms with Crippen LogP contribution >= 0.6 is 11.3 Å². The van der Waals surface area contributed by atoms with E-state index in [0.717, 1.165) is 5.69 Å². The van der Waals surface area contributed by atoms with Crippen LogP contribution in [-0.4, -0.2) is 42.6 Å². The summed E-state index contributed by atoms with van der Waals surface area (Å²) in [6.45, 7) is 0.536. The second-order valence-electron chi connectivity index (χ2n) is 3.97. The van der Waals surface area contributed by atoms with Crippen molar-refractivity contribution < 1.29 is 4.79 Å². The summed E-state index contributed by atoms with van der Waals surface area (Å²) in [4.78, 5) is 19.6. The maximum atomic E-state index is 12.1. The Bertz CT molecular complexity index is 674. The van der Waals surface area contributed by atoms with Gasteiger partial charge in [0.15, 0.2) is 0 Å². The summed E-state index contributed by atoms with van der Waals surface area (Å²) >= 11 is 1.36. The van der Waals surface area contributed by atoms with E-state index in [9.17, 15) is 4.79 Å². The number of rotatable bonds is 5. The lowest BCUT2D eigenvalue weighted by Gasteiger charge is -2.04. The van der Waals surface area contributed by atoms with Crippen LogP contribution in [-0.2, 0) is 6.42 Å². The first-order valence-electron chi connectivity index (χ1n) is 5.91. The predicted molar refractivity (Wildman–Crippen MR) is 71.7 cm³/mol. The van der Waals surface area contributed by atoms with Gasteiger partial charge in [0.2, 0.25) is 0 Å². The topological polar surface area (TPSA) is 101 Å². The third-order valence-corrected chi connectivity index (χ3v) is 3.58. The Morgan fingerprint density at radius 1 is 1.50 bits per heavy atom. The van der Waals surface area contributed by atoms with Crippen LogP contribution in [0, 0.1) is 0 Å². The van der Waals surface area contributed by atoms with Gasteiger partial charge in [-0.3, -0.25) is 4.79 Å². The minimum atomic E-state index is -0.134. The van der Waals surface area contributed by atoms with Gasteiger partial charge in [0.25, 0.3) is 5.91 Å². The SMILES string of the molecule is O=C(NCCc1cnc[nH]1)c1sccc1-n1cnnn1. The molecule has 9 heteroatoms. The number of hydrogen-bond donors (Lipinski definition) is 2. The Balaban J connectivity index is 1.64. The highest BCUT2D eigenvalue weighted by Crippen LogP contribution is 2.19. The quantitative estimate of drug-likeness (QED) is 0.709. The van der Waals surface area contributed by atoms with Gasteiger partial charge in [0, 0.05) is 24.9 Å². The summed E-state index contributed by atoms with van der Waals surface area (Å²) in [5.74, 6) is -0.134. The second kappa shape index (κ2) is 5.61. The first-order chi connectivity index (χ1) is 9.84. The molecule has 3 rings (SSSR count). The van der Waals surface area contributed by atoms with Gasteiger partial charge in [-0.05, 0) is 21.9 Å². The molecule has 0 saturated carbocycles. The van der Waals surface area contributed by atoms with Crippen LogP contribution in [0.5, 0.6) is 0 Å². The third kappa shape index (κ3) is 2.57. The van der Waals surface area contributed by atoms with Crippen LogP contribution in [0.4, 0.5) is 0 Å². The number of thiophene rings is 1. The lowest BCUT2D eigenvalue weighted by molar-refractivity contribution is 0.0958. The zero-order valence-corrected chi connectivity index (χ0v) is 11.2. The molecule has 0 spiro atoms. The fourth-order valence-corrected chi connectivity index (χ4v) is 2.53. The average molecular weight is 289 g/mol.